The van der Waals surface area contributed by atoms with Gasteiger partial charge in [0.05, 0.1) is 0 Å². The lowest BCUT2D eigenvalue weighted by atomic mass is 10.2. The van der Waals surface area contributed by atoms with Crippen molar-refractivity contribution in [2.75, 3.05) is 25.5 Å². The van der Waals surface area contributed by atoms with E-state index in [-0.39, 0.29) is 0 Å². The summed E-state index contributed by atoms with van der Waals surface area (Å²) in [6.45, 7) is 7.08. The third-order valence-electron chi connectivity index (χ3n) is 1.98. The molecule has 0 aromatic rings. The summed E-state index contributed by atoms with van der Waals surface area (Å²) in [5.74, 6) is 1.54. The van der Waals surface area contributed by atoms with Gasteiger partial charge < -0.3 is 0 Å². The van der Waals surface area contributed by atoms with E-state index in [1.54, 1.807) is 0 Å². The Labute approximate surface area is 67.7 Å². The summed E-state index contributed by atoms with van der Waals surface area (Å²) >= 11 is 5.72. The lowest BCUT2D eigenvalue weighted by Gasteiger charge is -2.11. The van der Waals surface area contributed by atoms with E-state index in [9.17, 15) is 0 Å². The Bertz CT molecular complexity index is 114. The zero-order valence-electron chi connectivity index (χ0n) is 6.22. The van der Waals surface area contributed by atoms with E-state index in [0.717, 1.165) is 24.9 Å². The molecule has 1 aliphatic rings. The van der Waals surface area contributed by atoms with E-state index in [1.807, 2.05) is 6.08 Å². The zero-order chi connectivity index (χ0) is 7.40. The smallest absolute Gasteiger partial charge is 0.0264 e. The van der Waals surface area contributed by atoms with Crippen molar-refractivity contribution < 1.29 is 0 Å². The van der Waals surface area contributed by atoms with Gasteiger partial charge in [-0.2, -0.15) is 0 Å². The summed E-state index contributed by atoms with van der Waals surface area (Å²) in [5, 5.41) is 0. The second-order valence-corrected chi connectivity index (χ2v) is 3.17. The molecular formula is C8H14ClN. The Morgan fingerprint density at radius 3 is 3.00 bits per heavy atom. The predicted molar refractivity (Wildman–Crippen MR) is 45.5 cm³/mol. The van der Waals surface area contributed by atoms with Crippen molar-refractivity contribution >= 4 is 11.6 Å². The van der Waals surface area contributed by atoms with Gasteiger partial charge in [0.15, 0.2) is 0 Å². The normalized spacial score (nSPS) is 27.1. The molecular weight excluding hydrogens is 146 g/mol. The van der Waals surface area contributed by atoms with Crippen LogP contribution >= 0.6 is 11.6 Å². The van der Waals surface area contributed by atoms with Gasteiger partial charge in [-0.3, -0.25) is 4.90 Å². The molecule has 0 aromatic carbocycles. The molecule has 1 atom stereocenters. The van der Waals surface area contributed by atoms with Crippen molar-refractivity contribution in [3.8, 4) is 0 Å². The molecule has 0 aromatic heterocycles. The van der Waals surface area contributed by atoms with Gasteiger partial charge in [0.1, 0.15) is 0 Å². The fourth-order valence-corrected chi connectivity index (χ4v) is 1.64. The first kappa shape index (κ1) is 8.09. The molecule has 1 heterocycles. The third kappa shape index (κ3) is 1.99. The van der Waals surface area contributed by atoms with Crippen molar-refractivity contribution in [3.63, 3.8) is 0 Å². The fraction of sp³-hybridized carbons (Fsp3) is 0.750. The standard InChI is InChI=1S/C8H14ClN/c1-2-4-10-5-3-8(6-9)7-10/h2,8H,1,3-7H2/t8-/m1/s1. The van der Waals surface area contributed by atoms with E-state index >= 15 is 0 Å². The Morgan fingerprint density at radius 2 is 2.50 bits per heavy atom. The molecule has 1 rings (SSSR count). The molecule has 0 aliphatic carbocycles. The van der Waals surface area contributed by atoms with E-state index in [0.29, 0.717) is 0 Å². The summed E-state index contributed by atoms with van der Waals surface area (Å²) in [5.41, 5.74) is 0. The van der Waals surface area contributed by atoms with Gasteiger partial charge in [0, 0.05) is 19.0 Å². The molecule has 0 radical (unpaired) electrons. The number of rotatable bonds is 3. The first-order valence-corrected chi connectivity index (χ1v) is 4.29. The maximum Gasteiger partial charge on any atom is 0.0264 e. The summed E-state index contributed by atoms with van der Waals surface area (Å²) in [4.78, 5) is 2.39. The van der Waals surface area contributed by atoms with Gasteiger partial charge in [0.2, 0.25) is 0 Å². The number of nitrogens with zero attached hydrogens (tertiary/aromatic N) is 1. The molecule has 58 valence electrons. The van der Waals surface area contributed by atoms with Crippen LogP contribution in [0.5, 0.6) is 0 Å². The minimum Gasteiger partial charge on any atom is -0.299 e. The molecule has 10 heavy (non-hydrogen) atoms. The number of likely N-dealkylation sites (tertiary alicyclic amines) is 1. The molecule has 0 bridgehead atoms. The SMILES string of the molecule is C=CCN1CC[C@H](CCl)C1. The van der Waals surface area contributed by atoms with E-state index in [4.69, 9.17) is 11.6 Å². The average Bonchev–Trinajstić information content (AvgIpc) is 2.37. The molecule has 0 amide bonds. The van der Waals surface area contributed by atoms with Gasteiger partial charge in [-0.15, -0.1) is 18.2 Å². The summed E-state index contributed by atoms with van der Waals surface area (Å²) in [6.07, 6.45) is 3.22. The molecule has 1 aliphatic heterocycles. The molecule has 0 unspecified atom stereocenters. The van der Waals surface area contributed by atoms with Crippen molar-refractivity contribution in [2.24, 2.45) is 5.92 Å². The topological polar surface area (TPSA) is 3.24 Å². The third-order valence-corrected chi connectivity index (χ3v) is 2.41. The van der Waals surface area contributed by atoms with Crippen LogP contribution in [-0.2, 0) is 0 Å². The minimum atomic E-state index is 0.724. The van der Waals surface area contributed by atoms with Crippen molar-refractivity contribution in [2.45, 2.75) is 6.42 Å². The van der Waals surface area contributed by atoms with E-state index in [2.05, 4.69) is 11.5 Å². The Kier molecular flexibility index (Phi) is 3.23. The average molecular weight is 160 g/mol. The molecule has 0 spiro atoms. The highest BCUT2D eigenvalue weighted by atomic mass is 35.5. The largest absolute Gasteiger partial charge is 0.299 e. The van der Waals surface area contributed by atoms with Crippen molar-refractivity contribution in [1.29, 1.82) is 0 Å². The van der Waals surface area contributed by atoms with E-state index < -0.39 is 0 Å². The molecule has 1 fully saturated rings. The summed E-state index contributed by atoms with van der Waals surface area (Å²) in [6, 6.07) is 0. The predicted octanol–water partition coefficient (Wildman–Crippen LogP) is 1.73. The van der Waals surface area contributed by atoms with E-state index in [1.165, 1.54) is 13.0 Å². The Hall–Kier alpha value is -0.0100. The van der Waals surface area contributed by atoms with Crippen molar-refractivity contribution in [1.82, 2.24) is 4.90 Å². The zero-order valence-corrected chi connectivity index (χ0v) is 6.98. The van der Waals surface area contributed by atoms with Gasteiger partial charge in [-0.05, 0) is 18.9 Å². The van der Waals surface area contributed by atoms with Crippen LogP contribution in [0.25, 0.3) is 0 Å². The van der Waals surface area contributed by atoms with Crippen LogP contribution in [0.3, 0.4) is 0 Å². The monoisotopic (exact) mass is 159 g/mol. The lowest BCUT2D eigenvalue weighted by Crippen LogP contribution is -2.20. The van der Waals surface area contributed by atoms with Crippen molar-refractivity contribution in [3.05, 3.63) is 12.7 Å². The first-order valence-electron chi connectivity index (χ1n) is 3.76. The van der Waals surface area contributed by atoms with Crippen LogP contribution in [0.15, 0.2) is 12.7 Å². The van der Waals surface area contributed by atoms with Crippen LogP contribution in [0, 0.1) is 5.92 Å². The number of alkyl halides is 1. The Balaban J connectivity index is 2.21. The van der Waals surface area contributed by atoms with Crippen LogP contribution in [-0.4, -0.2) is 30.4 Å². The van der Waals surface area contributed by atoms with Gasteiger partial charge in [0.25, 0.3) is 0 Å². The highest BCUT2D eigenvalue weighted by Crippen LogP contribution is 2.16. The molecule has 0 N–H and O–H groups in total. The fourth-order valence-electron chi connectivity index (χ4n) is 1.39. The van der Waals surface area contributed by atoms with Crippen LogP contribution in [0.4, 0.5) is 0 Å². The second-order valence-electron chi connectivity index (χ2n) is 2.86. The Morgan fingerprint density at radius 1 is 1.70 bits per heavy atom. The molecule has 2 heteroatoms. The maximum absolute atomic E-state index is 5.72. The van der Waals surface area contributed by atoms with Crippen LogP contribution in [0.2, 0.25) is 0 Å². The van der Waals surface area contributed by atoms with Crippen LogP contribution < -0.4 is 0 Å². The summed E-state index contributed by atoms with van der Waals surface area (Å²) in [7, 11) is 0. The first-order chi connectivity index (χ1) is 4.86. The molecule has 0 saturated carbocycles. The second kappa shape index (κ2) is 3.99. The summed E-state index contributed by atoms with van der Waals surface area (Å²) < 4.78 is 0. The molecule has 1 saturated heterocycles. The maximum atomic E-state index is 5.72. The van der Waals surface area contributed by atoms with Gasteiger partial charge >= 0.3 is 0 Å². The number of hydrogen-bond donors (Lipinski definition) is 0. The lowest BCUT2D eigenvalue weighted by molar-refractivity contribution is 0.365. The molecule has 1 nitrogen and oxygen atoms in total. The van der Waals surface area contributed by atoms with Gasteiger partial charge in [-0.1, -0.05) is 6.08 Å². The number of halogens is 1. The quantitative estimate of drug-likeness (QED) is 0.448. The number of hydrogen-bond acceptors (Lipinski definition) is 1. The highest BCUT2D eigenvalue weighted by molar-refractivity contribution is 6.18. The highest BCUT2D eigenvalue weighted by Gasteiger charge is 2.19. The van der Waals surface area contributed by atoms with Gasteiger partial charge in [-0.25, -0.2) is 0 Å². The minimum absolute atomic E-state index is 0.724. The van der Waals surface area contributed by atoms with Crippen LogP contribution in [0.1, 0.15) is 6.42 Å².